The van der Waals surface area contributed by atoms with Gasteiger partial charge in [0.25, 0.3) is 0 Å². The molecule has 0 spiro atoms. The molecule has 1 aromatic rings. The molecule has 0 aliphatic rings. The quantitative estimate of drug-likeness (QED) is 0.829. The van der Waals surface area contributed by atoms with Gasteiger partial charge in [0.05, 0.1) is 11.6 Å². The molecule has 0 aliphatic carbocycles. The monoisotopic (exact) mass is 278 g/mol. The van der Waals surface area contributed by atoms with Crippen LogP contribution in [0.5, 0.6) is 0 Å². The van der Waals surface area contributed by atoms with Crippen molar-refractivity contribution < 1.29 is 14.7 Å². The Morgan fingerprint density at radius 2 is 1.75 bits per heavy atom. The molecule has 1 amide bonds. The van der Waals surface area contributed by atoms with Gasteiger partial charge in [0.15, 0.2) is 0 Å². The summed E-state index contributed by atoms with van der Waals surface area (Å²) in [6.45, 7) is 4.41. The van der Waals surface area contributed by atoms with Crippen LogP contribution in [0.1, 0.15) is 29.8 Å². The minimum Gasteiger partial charge on any atom is -0.478 e. The summed E-state index contributed by atoms with van der Waals surface area (Å²) in [7, 11) is 3.76. The third kappa shape index (κ3) is 4.35. The van der Waals surface area contributed by atoms with Crippen molar-refractivity contribution in [3.63, 3.8) is 0 Å². The standard InChI is InChI=1S/C15H22N2O3/c1-10(2)13(17(3)4)14(18)16-9-11-5-7-12(8-6-11)15(19)20/h5-8,10,13H,9H2,1-4H3,(H,16,18)(H,19,20)/t13-/m1/s1. The molecule has 0 radical (unpaired) electrons. The number of carbonyl (C=O) groups is 2. The van der Waals surface area contributed by atoms with Crippen molar-refractivity contribution in [3.05, 3.63) is 35.4 Å². The molecular weight excluding hydrogens is 256 g/mol. The molecule has 0 saturated carbocycles. The molecule has 2 N–H and O–H groups in total. The number of nitrogens with zero attached hydrogens (tertiary/aromatic N) is 1. The normalized spacial score (nSPS) is 12.5. The number of carbonyl (C=O) groups excluding carboxylic acids is 1. The van der Waals surface area contributed by atoms with Gasteiger partial charge in [-0.1, -0.05) is 26.0 Å². The number of hydrogen-bond acceptors (Lipinski definition) is 3. The van der Waals surface area contributed by atoms with Crippen LogP contribution in [0.4, 0.5) is 0 Å². The van der Waals surface area contributed by atoms with E-state index in [0.29, 0.717) is 6.54 Å². The van der Waals surface area contributed by atoms with Gasteiger partial charge in [-0.25, -0.2) is 4.79 Å². The average Bonchev–Trinajstić information content (AvgIpc) is 2.36. The fraction of sp³-hybridized carbons (Fsp3) is 0.467. The maximum absolute atomic E-state index is 12.1. The molecule has 5 nitrogen and oxygen atoms in total. The summed E-state index contributed by atoms with van der Waals surface area (Å²) >= 11 is 0. The topological polar surface area (TPSA) is 69.6 Å². The maximum Gasteiger partial charge on any atom is 0.335 e. The van der Waals surface area contributed by atoms with Gasteiger partial charge in [0.1, 0.15) is 0 Å². The fourth-order valence-corrected chi connectivity index (χ4v) is 2.19. The summed E-state index contributed by atoms with van der Waals surface area (Å²) in [4.78, 5) is 24.8. The van der Waals surface area contributed by atoms with Crippen LogP contribution in [0.25, 0.3) is 0 Å². The zero-order chi connectivity index (χ0) is 15.3. The number of benzene rings is 1. The van der Waals surface area contributed by atoms with E-state index < -0.39 is 5.97 Å². The van der Waals surface area contributed by atoms with E-state index in [0.717, 1.165) is 5.56 Å². The van der Waals surface area contributed by atoms with Gasteiger partial charge in [-0.05, 0) is 37.7 Å². The lowest BCUT2D eigenvalue weighted by Gasteiger charge is -2.26. The Kier molecular flexibility index (Phi) is 5.70. The van der Waals surface area contributed by atoms with Gasteiger partial charge in [-0.2, -0.15) is 0 Å². The van der Waals surface area contributed by atoms with E-state index in [1.165, 1.54) is 12.1 Å². The predicted octanol–water partition coefficient (Wildman–Crippen LogP) is 1.59. The summed E-state index contributed by atoms with van der Waals surface area (Å²) in [5.74, 6) is -0.750. The summed E-state index contributed by atoms with van der Waals surface area (Å²) in [6.07, 6.45) is 0. The lowest BCUT2D eigenvalue weighted by molar-refractivity contribution is -0.127. The number of carboxylic acids is 1. The molecule has 0 saturated heterocycles. The molecule has 1 atom stereocenters. The van der Waals surface area contributed by atoms with Crippen molar-refractivity contribution in [1.82, 2.24) is 10.2 Å². The van der Waals surface area contributed by atoms with Gasteiger partial charge in [-0.15, -0.1) is 0 Å². The van der Waals surface area contributed by atoms with Gasteiger partial charge in [0, 0.05) is 6.54 Å². The summed E-state index contributed by atoms with van der Waals surface area (Å²) in [5, 5.41) is 11.7. The van der Waals surface area contributed by atoms with E-state index in [1.807, 2.05) is 32.8 Å². The predicted molar refractivity (Wildman–Crippen MR) is 77.6 cm³/mol. The van der Waals surface area contributed by atoms with E-state index in [-0.39, 0.29) is 23.4 Å². The minimum atomic E-state index is -0.951. The van der Waals surface area contributed by atoms with Crippen LogP contribution in [-0.2, 0) is 11.3 Å². The number of likely N-dealkylation sites (N-methyl/N-ethyl adjacent to an activating group) is 1. The van der Waals surface area contributed by atoms with Crippen LogP contribution in [0, 0.1) is 5.92 Å². The van der Waals surface area contributed by atoms with E-state index in [4.69, 9.17) is 5.11 Å². The molecule has 0 aliphatic heterocycles. The van der Waals surface area contributed by atoms with Crippen LogP contribution in [0.15, 0.2) is 24.3 Å². The average molecular weight is 278 g/mol. The molecule has 0 bridgehead atoms. The van der Waals surface area contributed by atoms with Gasteiger partial charge in [0.2, 0.25) is 5.91 Å². The number of rotatable bonds is 6. The van der Waals surface area contributed by atoms with Gasteiger partial charge < -0.3 is 10.4 Å². The van der Waals surface area contributed by atoms with E-state index in [1.54, 1.807) is 12.1 Å². The second-order valence-electron chi connectivity index (χ2n) is 5.37. The highest BCUT2D eigenvalue weighted by Gasteiger charge is 2.23. The Labute approximate surface area is 119 Å². The van der Waals surface area contributed by atoms with Crippen molar-refractivity contribution in [2.75, 3.05) is 14.1 Å². The largest absolute Gasteiger partial charge is 0.478 e. The number of nitrogens with one attached hydrogen (secondary N) is 1. The van der Waals surface area contributed by atoms with E-state index >= 15 is 0 Å². The molecule has 0 heterocycles. The smallest absolute Gasteiger partial charge is 0.335 e. The Morgan fingerprint density at radius 3 is 2.15 bits per heavy atom. The zero-order valence-corrected chi connectivity index (χ0v) is 12.4. The van der Waals surface area contributed by atoms with Crippen molar-refractivity contribution in [1.29, 1.82) is 0 Å². The fourth-order valence-electron chi connectivity index (χ4n) is 2.19. The molecule has 5 heteroatoms. The van der Waals surface area contributed by atoms with Crippen LogP contribution in [-0.4, -0.2) is 42.0 Å². The van der Waals surface area contributed by atoms with Crippen molar-refractivity contribution in [2.45, 2.75) is 26.4 Å². The Hall–Kier alpha value is -1.88. The first-order valence-corrected chi connectivity index (χ1v) is 6.59. The summed E-state index contributed by atoms with van der Waals surface area (Å²) < 4.78 is 0. The first kappa shape index (κ1) is 16.2. The Bertz CT molecular complexity index is 459. The molecule has 1 rings (SSSR count). The van der Waals surface area contributed by atoms with Crippen LogP contribution < -0.4 is 5.32 Å². The van der Waals surface area contributed by atoms with E-state index in [2.05, 4.69) is 5.32 Å². The highest BCUT2D eigenvalue weighted by atomic mass is 16.4. The molecule has 0 fully saturated rings. The van der Waals surface area contributed by atoms with Gasteiger partial charge in [-0.3, -0.25) is 9.69 Å². The van der Waals surface area contributed by atoms with Crippen LogP contribution >= 0.6 is 0 Å². The van der Waals surface area contributed by atoms with Crippen LogP contribution in [0.3, 0.4) is 0 Å². The second kappa shape index (κ2) is 7.05. The third-order valence-electron chi connectivity index (χ3n) is 3.12. The maximum atomic E-state index is 12.1. The molecule has 1 aromatic carbocycles. The highest BCUT2D eigenvalue weighted by Crippen LogP contribution is 2.09. The lowest BCUT2D eigenvalue weighted by Crippen LogP contribution is -2.46. The summed E-state index contributed by atoms with van der Waals surface area (Å²) in [6, 6.07) is 6.33. The molecule has 110 valence electrons. The SMILES string of the molecule is CC(C)[C@H](C(=O)NCc1ccc(C(=O)O)cc1)N(C)C. The second-order valence-corrected chi connectivity index (χ2v) is 5.37. The van der Waals surface area contributed by atoms with Crippen LogP contribution in [0.2, 0.25) is 0 Å². The number of hydrogen-bond donors (Lipinski definition) is 2. The van der Waals surface area contributed by atoms with Gasteiger partial charge >= 0.3 is 5.97 Å². The highest BCUT2D eigenvalue weighted by molar-refractivity contribution is 5.87. The first-order chi connectivity index (χ1) is 9.32. The number of aromatic carboxylic acids is 1. The zero-order valence-electron chi connectivity index (χ0n) is 12.4. The van der Waals surface area contributed by atoms with Crippen molar-refractivity contribution >= 4 is 11.9 Å². The molecule has 0 aromatic heterocycles. The minimum absolute atomic E-state index is 0.0210. The summed E-state index contributed by atoms with van der Waals surface area (Å²) in [5.41, 5.74) is 1.12. The lowest BCUT2D eigenvalue weighted by atomic mass is 10.0. The Morgan fingerprint density at radius 1 is 1.20 bits per heavy atom. The third-order valence-corrected chi connectivity index (χ3v) is 3.12. The first-order valence-electron chi connectivity index (χ1n) is 6.59. The molecule has 0 unspecified atom stereocenters. The molecular formula is C15H22N2O3. The number of carboxylic acid groups (broad SMARTS) is 1. The Balaban J connectivity index is 2.62. The van der Waals surface area contributed by atoms with Crippen molar-refractivity contribution in [2.24, 2.45) is 5.92 Å². The van der Waals surface area contributed by atoms with Crippen molar-refractivity contribution in [3.8, 4) is 0 Å². The van der Waals surface area contributed by atoms with E-state index in [9.17, 15) is 9.59 Å². The molecule has 20 heavy (non-hydrogen) atoms. The number of amides is 1.